The second kappa shape index (κ2) is 6.47. The highest BCUT2D eigenvalue weighted by atomic mass is 79.9. The van der Waals surface area contributed by atoms with Gasteiger partial charge in [-0.15, -0.1) is 0 Å². The molecule has 1 aromatic carbocycles. The van der Waals surface area contributed by atoms with Gasteiger partial charge in [-0.25, -0.2) is 9.59 Å². The average molecular weight is 355 g/mol. The lowest BCUT2D eigenvalue weighted by Crippen LogP contribution is -2.42. The number of rotatable bonds is 3. The van der Waals surface area contributed by atoms with Gasteiger partial charge in [0.1, 0.15) is 0 Å². The van der Waals surface area contributed by atoms with Gasteiger partial charge >= 0.3 is 12.0 Å². The fourth-order valence-corrected chi connectivity index (χ4v) is 3.21. The molecule has 0 bridgehead atoms. The molecule has 2 rings (SSSR count). The van der Waals surface area contributed by atoms with Gasteiger partial charge in [-0.05, 0) is 60.3 Å². The Morgan fingerprint density at radius 3 is 2.76 bits per heavy atom. The highest BCUT2D eigenvalue weighted by Gasteiger charge is 2.33. The van der Waals surface area contributed by atoms with Gasteiger partial charge in [0.2, 0.25) is 0 Å². The Balaban J connectivity index is 2.16. The molecule has 2 N–H and O–H groups in total. The van der Waals surface area contributed by atoms with Crippen LogP contribution in [0.1, 0.15) is 43.5 Å². The second-order valence-electron chi connectivity index (χ2n) is 5.33. The van der Waals surface area contributed by atoms with Crippen molar-refractivity contribution in [3.05, 3.63) is 28.2 Å². The van der Waals surface area contributed by atoms with Crippen molar-refractivity contribution in [1.29, 1.82) is 0 Å². The Labute approximate surface area is 132 Å². The van der Waals surface area contributed by atoms with Gasteiger partial charge in [0.25, 0.3) is 0 Å². The predicted molar refractivity (Wildman–Crippen MR) is 84.7 cm³/mol. The quantitative estimate of drug-likeness (QED) is 0.863. The maximum atomic E-state index is 12.4. The number of anilines is 1. The van der Waals surface area contributed by atoms with Crippen molar-refractivity contribution >= 4 is 33.6 Å². The molecule has 0 saturated carbocycles. The van der Waals surface area contributed by atoms with Gasteiger partial charge in [0, 0.05) is 22.2 Å². The third kappa shape index (κ3) is 3.37. The van der Waals surface area contributed by atoms with E-state index >= 15 is 0 Å². The van der Waals surface area contributed by atoms with Gasteiger partial charge in [-0.2, -0.15) is 0 Å². The number of carboxylic acid groups (broad SMARTS) is 1. The first-order valence-corrected chi connectivity index (χ1v) is 7.85. The first-order valence-electron chi connectivity index (χ1n) is 7.06. The van der Waals surface area contributed by atoms with Crippen LogP contribution in [0.3, 0.4) is 0 Å². The predicted octanol–water partition coefficient (Wildman–Crippen LogP) is 3.94. The van der Waals surface area contributed by atoms with Crippen molar-refractivity contribution in [2.75, 3.05) is 5.32 Å². The number of carbonyl (C=O) groups is 2. The standard InChI is InChI=1S/C15H19BrN2O3/c1-3-11-6-4-9(2)18(11)15(21)17-10-5-7-13(16)12(8-10)14(19)20/h5,7-9,11H,3-4,6H2,1-2H3,(H,17,21)(H,19,20). The molecular weight excluding hydrogens is 336 g/mol. The fraction of sp³-hybridized carbons (Fsp3) is 0.467. The van der Waals surface area contributed by atoms with E-state index in [-0.39, 0.29) is 23.7 Å². The molecule has 1 heterocycles. The van der Waals surface area contributed by atoms with E-state index in [1.165, 1.54) is 6.07 Å². The molecule has 1 aromatic rings. The summed E-state index contributed by atoms with van der Waals surface area (Å²) in [6.07, 6.45) is 2.96. The third-order valence-electron chi connectivity index (χ3n) is 3.94. The summed E-state index contributed by atoms with van der Waals surface area (Å²) in [5, 5.41) is 11.9. The molecule has 0 aliphatic carbocycles. The molecule has 6 heteroatoms. The molecule has 1 aliphatic rings. The lowest BCUT2D eigenvalue weighted by Gasteiger charge is -2.28. The molecule has 2 amide bonds. The van der Waals surface area contributed by atoms with E-state index < -0.39 is 5.97 Å². The SMILES string of the molecule is CCC1CCC(C)N1C(=O)Nc1ccc(Br)c(C(=O)O)c1. The number of aromatic carboxylic acids is 1. The van der Waals surface area contributed by atoms with Crippen molar-refractivity contribution in [1.82, 2.24) is 4.90 Å². The molecule has 1 aliphatic heterocycles. The van der Waals surface area contributed by atoms with Gasteiger partial charge in [-0.3, -0.25) is 0 Å². The van der Waals surface area contributed by atoms with Crippen LogP contribution in [0, 0.1) is 0 Å². The minimum atomic E-state index is -1.03. The van der Waals surface area contributed by atoms with Crippen LogP contribution in [0.2, 0.25) is 0 Å². The molecule has 0 aromatic heterocycles. The van der Waals surface area contributed by atoms with Crippen LogP contribution in [0.5, 0.6) is 0 Å². The Morgan fingerprint density at radius 1 is 1.43 bits per heavy atom. The summed E-state index contributed by atoms with van der Waals surface area (Å²) in [5.74, 6) is -1.03. The molecule has 114 valence electrons. The van der Waals surface area contributed by atoms with Crippen molar-refractivity contribution < 1.29 is 14.7 Å². The van der Waals surface area contributed by atoms with Crippen LogP contribution in [-0.2, 0) is 0 Å². The average Bonchev–Trinajstić information content (AvgIpc) is 2.81. The highest BCUT2D eigenvalue weighted by molar-refractivity contribution is 9.10. The summed E-state index contributed by atoms with van der Waals surface area (Å²) < 4.78 is 0.494. The summed E-state index contributed by atoms with van der Waals surface area (Å²) in [7, 11) is 0. The minimum Gasteiger partial charge on any atom is -0.478 e. The zero-order valence-corrected chi connectivity index (χ0v) is 13.7. The van der Waals surface area contributed by atoms with Crippen LogP contribution in [0.25, 0.3) is 0 Å². The van der Waals surface area contributed by atoms with Crippen molar-refractivity contribution in [3.8, 4) is 0 Å². The number of urea groups is 1. The van der Waals surface area contributed by atoms with E-state index in [2.05, 4.69) is 28.2 Å². The van der Waals surface area contributed by atoms with E-state index in [4.69, 9.17) is 5.11 Å². The maximum absolute atomic E-state index is 12.4. The molecule has 2 atom stereocenters. The van der Waals surface area contributed by atoms with Gasteiger partial charge in [0.05, 0.1) is 5.56 Å². The first kappa shape index (κ1) is 15.8. The molecule has 5 nitrogen and oxygen atoms in total. The Morgan fingerprint density at radius 2 is 2.14 bits per heavy atom. The second-order valence-corrected chi connectivity index (χ2v) is 6.18. The number of benzene rings is 1. The van der Waals surface area contributed by atoms with Crippen molar-refractivity contribution in [2.24, 2.45) is 0 Å². The van der Waals surface area contributed by atoms with Crippen LogP contribution >= 0.6 is 15.9 Å². The summed E-state index contributed by atoms with van der Waals surface area (Å²) in [6.45, 7) is 4.12. The fourth-order valence-electron chi connectivity index (χ4n) is 2.79. The van der Waals surface area contributed by atoms with E-state index in [0.717, 1.165) is 19.3 Å². The number of amides is 2. The largest absolute Gasteiger partial charge is 0.478 e. The van der Waals surface area contributed by atoms with Gasteiger partial charge < -0.3 is 15.3 Å². The van der Waals surface area contributed by atoms with E-state index in [0.29, 0.717) is 10.2 Å². The van der Waals surface area contributed by atoms with Crippen molar-refractivity contribution in [2.45, 2.75) is 45.2 Å². The van der Waals surface area contributed by atoms with Gasteiger partial charge in [0.15, 0.2) is 0 Å². The monoisotopic (exact) mass is 354 g/mol. The van der Waals surface area contributed by atoms with Crippen LogP contribution in [-0.4, -0.2) is 34.1 Å². The molecule has 0 spiro atoms. The molecule has 2 unspecified atom stereocenters. The van der Waals surface area contributed by atoms with Crippen LogP contribution in [0.15, 0.2) is 22.7 Å². The lowest BCUT2D eigenvalue weighted by atomic mass is 10.1. The first-order chi connectivity index (χ1) is 9.93. The Hall–Kier alpha value is -1.56. The number of halogens is 1. The van der Waals surface area contributed by atoms with E-state index in [1.807, 2.05) is 11.8 Å². The number of hydrogen-bond acceptors (Lipinski definition) is 2. The normalized spacial score (nSPS) is 21.4. The van der Waals surface area contributed by atoms with Crippen molar-refractivity contribution in [3.63, 3.8) is 0 Å². The third-order valence-corrected chi connectivity index (χ3v) is 4.63. The minimum absolute atomic E-state index is 0.134. The van der Waals surface area contributed by atoms with Crippen LogP contribution in [0.4, 0.5) is 10.5 Å². The Kier molecular flexibility index (Phi) is 4.88. The molecule has 1 fully saturated rings. The maximum Gasteiger partial charge on any atom is 0.336 e. The molecular formula is C15H19BrN2O3. The summed E-state index contributed by atoms with van der Waals surface area (Å²) in [4.78, 5) is 25.4. The number of hydrogen-bond donors (Lipinski definition) is 2. The number of nitrogens with one attached hydrogen (secondary N) is 1. The zero-order valence-electron chi connectivity index (χ0n) is 12.1. The number of likely N-dealkylation sites (tertiary alicyclic amines) is 1. The number of carbonyl (C=O) groups excluding carboxylic acids is 1. The van der Waals surface area contributed by atoms with E-state index in [1.54, 1.807) is 12.1 Å². The molecule has 21 heavy (non-hydrogen) atoms. The summed E-state index contributed by atoms with van der Waals surface area (Å²) in [6, 6.07) is 5.09. The van der Waals surface area contributed by atoms with E-state index in [9.17, 15) is 9.59 Å². The summed E-state index contributed by atoms with van der Waals surface area (Å²) >= 11 is 3.19. The topological polar surface area (TPSA) is 69.6 Å². The Bertz CT molecular complexity index is 562. The zero-order chi connectivity index (χ0) is 15.6. The molecule has 0 radical (unpaired) electrons. The molecule has 1 saturated heterocycles. The summed E-state index contributed by atoms with van der Waals surface area (Å²) in [5.41, 5.74) is 0.629. The number of nitrogens with zero attached hydrogens (tertiary/aromatic N) is 1. The number of carboxylic acids is 1. The van der Waals surface area contributed by atoms with Crippen LogP contribution < -0.4 is 5.32 Å². The lowest BCUT2D eigenvalue weighted by molar-refractivity contribution is 0.0696. The smallest absolute Gasteiger partial charge is 0.336 e. The van der Waals surface area contributed by atoms with Gasteiger partial charge in [-0.1, -0.05) is 6.92 Å². The highest BCUT2D eigenvalue weighted by Crippen LogP contribution is 2.27.